The van der Waals surface area contributed by atoms with E-state index in [9.17, 15) is 28.5 Å². The van der Waals surface area contributed by atoms with Crippen LogP contribution < -0.4 is 10.6 Å². The molecule has 1 unspecified atom stereocenters. The first-order valence-corrected chi connectivity index (χ1v) is 17.0. The fraction of sp³-hybridized carbons (Fsp3) is 0.343. The Morgan fingerprint density at radius 2 is 1.94 bits per heavy atom. The molecule has 1 aromatic heterocycles. The predicted octanol–water partition coefficient (Wildman–Crippen LogP) is 4.64. The molecule has 0 spiro atoms. The summed E-state index contributed by atoms with van der Waals surface area (Å²) in [5.74, 6) is -1.43. The van der Waals surface area contributed by atoms with Gasteiger partial charge in [-0.1, -0.05) is 19.1 Å². The molecule has 0 radical (unpaired) electrons. The van der Waals surface area contributed by atoms with Crippen LogP contribution in [0.5, 0.6) is 0 Å². The number of aromatic nitrogens is 1. The molecule has 0 fully saturated rings. The minimum absolute atomic E-state index is 0.0143. The highest BCUT2D eigenvalue weighted by Gasteiger charge is 2.49. The molecular weight excluding hydrogens is 654 g/mol. The average molecular weight is 691 g/mol. The van der Waals surface area contributed by atoms with Crippen molar-refractivity contribution in [1.29, 1.82) is 0 Å². The monoisotopic (exact) mass is 690 g/mol. The van der Waals surface area contributed by atoms with E-state index in [1.807, 2.05) is 0 Å². The first-order valence-electron chi connectivity index (χ1n) is 15.9. The number of amides is 3. The van der Waals surface area contributed by atoms with Gasteiger partial charge in [-0.15, -0.1) is 0 Å². The Kier molecular flexibility index (Phi) is 9.89. The zero-order chi connectivity index (χ0) is 34.9. The highest BCUT2D eigenvalue weighted by molar-refractivity contribution is 7.40. The second-order valence-corrected chi connectivity index (χ2v) is 13.1. The van der Waals surface area contributed by atoms with Crippen LogP contribution in [0.15, 0.2) is 47.6 Å². The van der Waals surface area contributed by atoms with Crippen molar-refractivity contribution in [2.45, 2.75) is 65.2 Å². The highest BCUT2D eigenvalue weighted by atomic mass is 31.2. The molecule has 0 bridgehead atoms. The van der Waals surface area contributed by atoms with Gasteiger partial charge >= 0.3 is 14.6 Å². The third-order valence-corrected chi connectivity index (χ3v) is 10.1. The maximum absolute atomic E-state index is 15.0. The quantitative estimate of drug-likeness (QED) is 0.140. The molecular formula is C35H36FN4O8P. The smallest absolute Gasteiger partial charge is 0.343 e. The van der Waals surface area contributed by atoms with Crippen LogP contribution in [0.25, 0.3) is 16.6 Å². The van der Waals surface area contributed by atoms with Crippen molar-refractivity contribution < 1.29 is 42.2 Å². The van der Waals surface area contributed by atoms with Gasteiger partial charge in [0, 0.05) is 22.7 Å². The summed E-state index contributed by atoms with van der Waals surface area (Å²) in [7, 11) is -2.62. The summed E-state index contributed by atoms with van der Waals surface area (Å²) in [6.45, 7) is 5.33. The Morgan fingerprint density at radius 3 is 2.65 bits per heavy atom. The van der Waals surface area contributed by atoms with Gasteiger partial charge in [-0.05, 0) is 91.1 Å². The topological polar surface area (TPSA) is 156 Å². The molecule has 3 N–H and O–H groups in total. The first kappa shape index (κ1) is 34.3. The van der Waals surface area contributed by atoms with Crippen LogP contribution in [0, 0.1) is 12.7 Å². The number of halogens is 1. The maximum Gasteiger partial charge on any atom is 0.343 e. The number of cyclic esters (lactones) is 1. The van der Waals surface area contributed by atoms with Crippen molar-refractivity contribution in [1.82, 2.24) is 15.2 Å². The highest BCUT2D eigenvalue weighted by Crippen LogP contribution is 2.48. The number of carbonyl (C=O) groups excluding carboxylic acids is 4. The van der Waals surface area contributed by atoms with Crippen molar-refractivity contribution in [3.63, 3.8) is 0 Å². The minimum Gasteiger partial charge on any atom is -0.459 e. The number of anilines is 1. The van der Waals surface area contributed by atoms with Gasteiger partial charge < -0.3 is 29.7 Å². The summed E-state index contributed by atoms with van der Waals surface area (Å²) in [5.41, 5.74) is 5.52. The molecule has 0 saturated heterocycles. The number of aryl methyl sites for hydroxylation is 2. The zero-order valence-corrected chi connectivity index (χ0v) is 28.2. The number of pyridine rings is 1. The summed E-state index contributed by atoms with van der Waals surface area (Å²) < 4.78 is 32.2. The van der Waals surface area contributed by atoms with E-state index in [1.54, 1.807) is 51.1 Å². The first-order chi connectivity index (χ1) is 23.6. The number of hydrogen-bond donors (Lipinski definition) is 3. The lowest BCUT2D eigenvalue weighted by Gasteiger charge is -2.37. The Hall–Kier alpha value is -4.55. The van der Waals surface area contributed by atoms with Crippen molar-refractivity contribution in [2.75, 3.05) is 18.5 Å². The van der Waals surface area contributed by atoms with Crippen molar-refractivity contribution in [3.8, 4) is 0 Å². The summed E-state index contributed by atoms with van der Waals surface area (Å²) >= 11 is 0. The van der Waals surface area contributed by atoms with Crippen molar-refractivity contribution in [3.05, 3.63) is 86.9 Å². The summed E-state index contributed by atoms with van der Waals surface area (Å²) in [6, 6.07) is 8.09. The maximum atomic E-state index is 15.0. The van der Waals surface area contributed by atoms with Crippen molar-refractivity contribution >= 4 is 55.6 Å². The molecule has 3 amide bonds. The zero-order valence-electron chi connectivity index (χ0n) is 27.3. The molecule has 2 atom stereocenters. The predicted molar refractivity (Wildman–Crippen MR) is 179 cm³/mol. The van der Waals surface area contributed by atoms with Crippen LogP contribution in [0.3, 0.4) is 0 Å². The third-order valence-electron chi connectivity index (χ3n) is 9.26. The van der Waals surface area contributed by atoms with E-state index in [2.05, 4.69) is 10.6 Å². The molecule has 256 valence electrons. The van der Waals surface area contributed by atoms with Gasteiger partial charge in [-0.25, -0.2) is 14.2 Å². The molecule has 3 aromatic rings. The van der Waals surface area contributed by atoms with E-state index in [0.29, 0.717) is 57.7 Å². The van der Waals surface area contributed by atoms with Crippen LogP contribution in [0.4, 0.5) is 10.1 Å². The van der Waals surface area contributed by atoms with E-state index in [0.717, 1.165) is 41.3 Å². The molecule has 1 aliphatic carbocycles. The number of carbonyl (C=O) groups is 4. The van der Waals surface area contributed by atoms with E-state index >= 15 is 0 Å². The lowest BCUT2D eigenvalue weighted by atomic mass is 9.84. The number of benzene rings is 2. The second-order valence-electron chi connectivity index (χ2n) is 12.2. The van der Waals surface area contributed by atoms with Crippen LogP contribution in [-0.4, -0.2) is 58.2 Å². The molecule has 2 aromatic carbocycles. The van der Waals surface area contributed by atoms with Crippen LogP contribution in [0.2, 0.25) is 0 Å². The Labute approximate surface area is 283 Å². The molecule has 49 heavy (non-hydrogen) atoms. The van der Waals surface area contributed by atoms with Crippen LogP contribution in [-0.2, 0) is 59.0 Å². The number of hydrogen-bond acceptors (Lipinski definition) is 9. The van der Waals surface area contributed by atoms with Gasteiger partial charge in [0.05, 0.1) is 36.6 Å². The van der Waals surface area contributed by atoms with Gasteiger partial charge in [0.2, 0.25) is 18.7 Å². The molecule has 12 nitrogen and oxygen atoms in total. The minimum atomic E-state index is -2.62. The summed E-state index contributed by atoms with van der Waals surface area (Å²) in [6.07, 6.45) is 5.31. The van der Waals surface area contributed by atoms with Crippen LogP contribution in [0.1, 0.15) is 60.2 Å². The number of esters is 1. The van der Waals surface area contributed by atoms with Gasteiger partial charge in [-0.3, -0.25) is 18.9 Å². The largest absolute Gasteiger partial charge is 0.459 e. The van der Waals surface area contributed by atoms with Gasteiger partial charge in [0.1, 0.15) is 12.4 Å². The van der Waals surface area contributed by atoms with Gasteiger partial charge in [0.25, 0.3) is 0 Å². The van der Waals surface area contributed by atoms with E-state index < -0.39 is 26.1 Å². The molecule has 3 heterocycles. The van der Waals surface area contributed by atoms with E-state index in [1.165, 1.54) is 11.0 Å². The number of ether oxygens (including phenoxy) is 1. The van der Waals surface area contributed by atoms with E-state index in [-0.39, 0.29) is 38.5 Å². The standard InChI is InChI=1S/C35H36FN4O8P/c1-4-35(48-49(45)47-17-22-8-10-23(11-9-22)38-31(43)14-37-18-41)27(20(2)16-46-34(35)44)12-30-33-26(15-40(30)19-42)25-7-5-6-24-21(3)28(36)13-29(39-33)32(24)25/h8-13,18-19,45H,4-7,14-17H2,1-3H3,(H,37,41)(H,38,43)/b30-12-/t35-,49?/m0/s1. The lowest BCUT2D eigenvalue weighted by molar-refractivity contribution is -0.161. The fourth-order valence-corrected chi connectivity index (χ4v) is 7.62. The Balaban J connectivity index is 1.28. The third kappa shape index (κ3) is 6.47. The number of rotatable bonds is 12. The average Bonchev–Trinajstić information content (AvgIpc) is 3.46. The Morgan fingerprint density at radius 1 is 1.18 bits per heavy atom. The van der Waals surface area contributed by atoms with Crippen LogP contribution >= 0.6 is 8.60 Å². The lowest BCUT2D eigenvalue weighted by Crippen LogP contribution is -2.46. The molecule has 3 aliphatic rings. The molecule has 2 aliphatic heterocycles. The van der Waals surface area contributed by atoms with Gasteiger partial charge in [-0.2, -0.15) is 0 Å². The second kappa shape index (κ2) is 14.1. The Bertz CT molecular complexity index is 1910. The number of nitrogens with zero attached hydrogens (tertiary/aromatic N) is 2. The molecule has 6 rings (SSSR count). The molecule has 14 heteroatoms. The SMILES string of the molecule is CC[C@@]1(OP(O)OCc2ccc(NC(=O)CNC=O)cc2)C(=O)OCC(C)=C1/C=C1/c2nc3cc(F)c(C)c4c3c(c2CN1C=O)CCC4. The summed E-state index contributed by atoms with van der Waals surface area (Å²) in [4.78, 5) is 65.6. The fourth-order valence-electron chi connectivity index (χ4n) is 6.74. The van der Waals surface area contributed by atoms with Gasteiger partial charge in [0.15, 0.2) is 5.60 Å². The summed E-state index contributed by atoms with van der Waals surface area (Å²) in [5, 5.41) is 5.88. The normalized spacial score (nSPS) is 19.9. The van der Waals surface area contributed by atoms with E-state index in [4.69, 9.17) is 18.8 Å². The number of nitrogens with one attached hydrogen (secondary N) is 2. The molecule has 0 saturated carbocycles. The number of fused-ring (bicyclic) bond motifs is 2. The van der Waals surface area contributed by atoms with Crippen molar-refractivity contribution in [2.24, 2.45) is 0 Å².